The number of para-hydroxylation sites is 1. The standard InChI is InChI=1S/C14H21NO/c1-11-9-12(7-8-15-11)10-13-5-3-4-6-14(13)16-2/h3-6,11-12,15H,7-10H2,1-2H3. The lowest BCUT2D eigenvalue weighted by Gasteiger charge is -2.28. The highest BCUT2D eigenvalue weighted by atomic mass is 16.5. The topological polar surface area (TPSA) is 21.3 Å². The number of hydrogen-bond acceptors (Lipinski definition) is 2. The van der Waals surface area contributed by atoms with Crippen molar-refractivity contribution in [1.82, 2.24) is 5.32 Å². The van der Waals surface area contributed by atoms with Gasteiger partial charge in [0.05, 0.1) is 7.11 Å². The molecule has 0 spiro atoms. The van der Waals surface area contributed by atoms with Gasteiger partial charge in [-0.1, -0.05) is 18.2 Å². The van der Waals surface area contributed by atoms with Crippen LogP contribution in [0.3, 0.4) is 0 Å². The Hall–Kier alpha value is -1.02. The molecule has 88 valence electrons. The molecule has 2 atom stereocenters. The van der Waals surface area contributed by atoms with Crippen molar-refractivity contribution in [1.29, 1.82) is 0 Å². The second kappa shape index (κ2) is 5.35. The van der Waals surface area contributed by atoms with Gasteiger partial charge in [-0.05, 0) is 50.3 Å². The first kappa shape index (κ1) is 11.5. The van der Waals surface area contributed by atoms with Gasteiger partial charge in [-0.2, -0.15) is 0 Å². The molecule has 2 rings (SSSR count). The van der Waals surface area contributed by atoms with Crippen molar-refractivity contribution < 1.29 is 4.74 Å². The lowest BCUT2D eigenvalue weighted by Crippen LogP contribution is -2.36. The molecule has 1 fully saturated rings. The molecular formula is C14H21NO. The molecule has 1 N–H and O–H groups in total. The molecule has 2 heteroatoms. The molecule has 2 nitrogen and oxygen atoms in total. The van der Waals surface area contributed by atoms with Gasteiger partial charge in [0, 0.05) is 6.04 Å². The predicted octanol–water partition coefficient (Wildman–Crippen LogP) is 2.63. The number of methoxy groups -OCH3 is 1. The van der Waals surface area contributed by atoms with E-state index in [0.717, 1.165) is 24.6 Å². The Morgan fingerprint density at radius 1 is 1.38 bits per heavy atom. The zero-order chi connectivity index (χ0) is 11.4. The summed E-state index contributed by atoms with van der Waals surface area (Å²) in [6.07, 6.45) is 3.70. The van der Waals surface area contributed by atoms with Gasteiger partial charge in [-0.3, -0.25) is 0 Å². The highest BCUT2D eigenvalue weighted by Gasteiger charge is 2.19. The molecule has 2 unspecified atom stereocenters. The minimum absolute atomic E-state index is 0.661. The monoisotopic (exact) mass is 219 g/mol. The van der Waals surface area contributed by atoms with E-state index >= 15 is 0 Å². The van der Waals surface area contributed by atoms with E-state index in [0.29, 0.717) is 6.04 Å². The fourth-order valence-electron chi connectivity index (χ4n) is 2.60. The number of nitrogens with one attached hydrogen (secondary N) is 1. The highest BCUT2D eigenvalue weighted by Crippen LogP contribution is 2.26. The van der Waals surface area contributed by atoms with E-state index in [1.54, 1.807) is 7.11 Å². The van der Waals surface area contributed by atoms with Gasteiger partial charge in [0.2, 0.25) is 0 Å². The Labute approximate surface area is 98.0 Å². The molecule has 16 heavy (non-hydrogen) atoms. The zero-order valence-corrected chi connectivity index (χ0v) is 10.2. The molecule has 0 radical (unpaired) electrons. The number of rotatable bonds is 3. The van der Waals surface area contributed by atoms with E-state index in [2.05, 4.69) is 30.4 Å². The summed E-state index contributed by atoms with van der Waals surface area (Å²) in [5.74, 6) is 1.83. The fourth-order valence-corrected chi connectivity index (χ4v) is 2.60. The summed E-state index contributed by atoms with van der Waals surface area (Å²) in [5.41, 5.74) is 1.35. The van der Waals surface area contributed by atoms with Crippen LogP contribution < -0.4 is 10.1 Å². The van der Waals surface area contributed by atoms with Crippen molar-refractivity contribution in [3.8, 4) is 5.75 Å². The summed E-state index contributed by atoms with van der Waals surface area (Å²) in [7, 11) is 1.75. The Kier molecular flexibility index (Phi) is 3.83. The summed E-state index contributed by atoms with van der Waals surface area (Å²) < 4.78 is 5.40. The minimum atomic E-state index is 0.661. The van der Waals surface area contributed by atoms with Crippen LogP contribution in [0.2, 0.25) is 0 Å². The third kappa shape index (κ3) is 2.76. The van der Waals surface area contributed by atoms with Gasteiger partial charge >= 0.3 is 0 Å². The van der Waals surface area contributed by atoms with Crippen molar-refractivity contribution in [3.63, 3.8) is 0 Å². The van der Waals surface area contributed by atoms with Gasteiger partial charge in [0.25, 0.3) is 0 Å². The molecule has 0 amide bonds. The first-order valence-electron chi connectivity index (χ1n) is 6.15. The van der Waals surface area contributed by atoms with Crippen LogP contribution >= 0.6 is 0 Å². The van der Waals surface area contributed by atoms with Crippen molar-refractivity contribution in [3.05, 3.63) is 29.8 Å². The molecule has 1 aromatic rings. The van der Waals surface area contributed by atoms with Crippen LogP contribution in [0.4, 0.5) is 0 Å². The lowest BCUT2D eigenvalue weighted by molar-refractivity contribution is 0.310. The fraction of sp³-hybridized carbons (Fsp3) is 0.571. The zero-order valence-electron chi connectivity index (χ0n) is 10.2. The van der Waals surface area contributed by atoms with Crippen molar-refractivity contribution in [2.24, 2.45) is 5.92 Å². The number of benzene rings is 1. The van der Waals surface area contributed by atoms with E-state index in [9.17, 15) is 0 Å². The predicted molar refractivity (Wildman–Crippen MR) is 66.9 cm³/mol. The maximum absolute atomic E-state index is 5.40. The third-order valence-corrected chi connectivity index (χ3v) is 3.43. The molecule has 1 aromatic carbocycles. The van der Waals surface area contributed by atoms with Crippen LogP contribution in [-0.4, -0.2) is 19.7 Å². The second-order valence-corrected chi connectivity index (χ2v) is 4.76. The summed E-state index contributed by atoms with van der Waals surface area (Å²) in [6.45, 7) is 3.43. The molecule has 1 aliphatic rings. The molecule has 0 saturated carbocycles. The van der Waals surface area contributed by atoms with Gasteiger partial charge in [0.15, 0.2) is 0 Å². The van der Waals surface area contributed by atoms with Crippen LogP contribution in [0.25, 0.3) is 0 Å². The van der Waals surface area contributed by atoms with Crippen LogP contribution in [-0.2, 0) is 6.42 Å². The van der Waals surface area contributed by atoms with E-state index in [-0.39, 0.29) is 0 Å². The highest BCUT2D eigenvalue weighted by molar-refractivity contribution is 5.33. The molecule has 1 heterocycles. The largest absolute Gasteiger partial charge is 0.496 e. The first-order valence-corrected chi connectivity index (χ1v) is 6.15. The molecular weight excluding hydrogens is 198 g/mol. The normalized spacial score (nSPS) is 25.4. The number of piperidine rings is 1. The lowest BCUT2D eigenvalue weighted by atomic mass is 9.87. The molecule has 0 aromatic heterocycles. The van der Waals surface area contributed by atoms with E-state index in [4.69, 9.17) is 4.74 Å². The van der Waals surface area contributed by atoms with Crippen LogP contribution in [0.15, 0.2) is 24.3 Å². The van der Waals surface area contributed by atoms with Crippen LogP contribution in [0.1, 0.15) is 25.3 Å². The Morgan fingerprint density at radius 3 is 2.94 bits per heavy atom. The summed E-state index contributed by atoms with van der Waals surface area (Å²) >= 11 is 0. The number of hydrogen-bond donors (Lipinski definition) is 1. The Morgan fingerprint density at radius 2 is 2.19 bits per heavy atom. The van der Waals surface area contributed by atoms with E-state index in [1.165, 1.54) is 18.4 Å². The van der Waals surface area contributed by atoms with Crippen LogP contribution in [0, 0.1) is 5.92 Å². The van der Waals surface area contributed by atoms with Crippen LogP contribution in [0.5, 0.6) is 5.75 Å². The maximum Gasteiger partial charge on any atom is 0.122 e. The Balaban J connectivity index is 2.02. The third-order valence-electron chi connectivity index (χ3n) is 3.43. The van der Waals surface area contributed by atoms with Crippen molar-refractivity contribution in [2.45, 2.75) is 32.2 Å². The van der Waals surface area contributed by atoms with Gasteiger partial charge in [0.1, 0.15) is 5.75 Å². The summed E-state index contributed by atoms with van der Waals surface area (Å²) in [6, 6.07) is 9.04. The molecule has 1 saturated heterocycles. The average molecular weight is 219 g/mol. The maximum atomic E-state index is 5.40. The average Bonchev–Trinajstić information content (AvgIpc) is 2.30. The smallest absolute Gasteiger partial charge is 0.122 e. The number of ether oxygens (including phenoxy) is 1. The summed E-state index contributed by atoms with van der Waals surface area (Å²) in [4.78, 5) is 0. The van der Waals surface area contributed by atoms with Gasteiger partial charge in [-0.25, -0.2) is 0 Å². The van der Waals surface area contributed by atoms with Gasteiger partial charge in [-0.15, -0.1) is 0 Å². The van der Waals surface area contributed by atoms with Crippen molar-refractivity contribution >= 4 is 0 Å². The van der Waals surface area contributed by atoms with Gasteiger partial charge < -0.3 is 10.1 Å². The molecule has 1 aliphatic heterocycles. The quantitative estimate of drug-likeness (QED) is 0.843. The first-order chi connectivity index (χ1) is 7.79. The molecule has 0 aliphatic carbocycles. The Bertz CT molecular complexity index is 337. The SMILES string of the molecule is COc1ccccc1CC1CCNC(C)C1. The second-order valence-electron chi connectivity index (χ2n) is 4.76. The summed E-state index contributed by atoms with van der Waals surface area (Å²) in [5, 5.41) is 3.50. The minimum Gasteiger partial charge on any atom is -0.496 e. The van der Waals surface area contributed by atoms with Crippen molar-refractivity contribution in [2.75, 3.05) is 13.7 Å². The molecule has 0 bridgehead atoms. The van der Waals surface area contributed by atoms with E-state index in [1.807, 2.05) is 6.07 Å². The van der Waals surface area contributed by atoms with E-state index < -0.39 is 0 Å².